The van der Waals surface area contributed by atoms with Crippen LogP contribution in [0.5, 0.6) is 0 Å². The van der Waals surface area contributed by atoms with E-state index in [1.54, 1.807) is 30.5 Å². The maximum absolute atomic E-state index is 12.8. The predicted molar refractivity (Wildman–Crippen MR) is 105 cm³/mol. The van der Waals surface area contributed by atoms with Gasteiger partial charge in [-0.25, -0.2) is 4.98 Å². The number of likely N-dealkylation sites (tertiary alicyclic amines) is 1. The summed E-state index contributed by atoms with van der Waals surface area (Å²) in [4.78, 5) is 23.6. The highest BCUT2D eigenvalue weighted by molar-refractivity contribution is 6.30. The molecule has 3 aromatic rings. The van der Waals surface area contributed by atoms with Crippen LogP contribution in [0.2, 0.25) is 5.02 Å². The number of benzene rings is 1. The summed E-state index contributed by atoms with van der Waals surface area (Å²) in [5.41, 5.74) is 1.82. The van der Waals surface area contributed by atoms with E-state index < -0.39 is 0 Å². The Hall–Kier alpha value is -2.66. The molecule has 27 heavy (non-hydrogen) atoms. The Bertz CT molecular complexity index is 907. The van der Waals surface area contributed by atoms with Crippen molar-refractivity contribution < 1.29 is 4.79 Å². The molecule has 6 heteroatoms. The molecule has 1 unspecified atom stereocenters. The molecule has 1 fully saturated rings. The summed E-state index contributed by atoms with van der Waals surface area (Å²) in [6.45, 7) is 2.21. The van der Waals surface area contributed by atoms with Gasteiger partial charge < -0.3 is 9.47 Å². The first-order valence-corrected chi connectivity index (χ1v) is 9.53. The summed E-state index contributed by atoms with van der Waals surface area (Å²) in [5.74, 6) is 1.33. The van der Waals surface area contributed by atoms with E-state index in [-0.39, 0.29) is 11.8 Å². The Labute approximate surface area is 163 Å². The van der Waals surface area contributed by atoms with Crippen LogP contribution in [-0.2, 0) is 6.54 Å². The first-order chi connectivity index (χ1) is 13.2. The number of hydrogen-bond donors (Lipinski definition) is 0. The van der Waals surface area contributed by atoms with Gasteiger partial charge in [-0.1, -0.05) is 17.7 Å². The number of pyridine rings is 1. The van der Waals surface area contributed by atoms with Crippen LogP contribution in [0.15, 0.2) is 61.2 Å². The molecule has 1 atom stereocenters. The maximum atomic E-state index is 12.8. The van der Waals surface area contributed by atoms with E-state index in [0.29, 0.717) is 17.1 Å². The second-order valence-corrected chi connectivity index (χ2v) is 7.31. The summed E-state index contributed by atoms with van der Waals surface area (Å²) in [6, 6.07) is 11.1. The number of aromatic nitrogens is 3. The highest BCUT2D eigenvalue weighted by atomic mass is 35.5. The molecular weight excluding hydrogens is 360 g/mol. The molecule has 0 spiro atoms. The lowest BCUT2D eigenvalue weighted by atomic mass is 9.96. The number of carbonyl (C=O) groups excluding carboxylic acids is 1. The number of imidazole rings is 1. The molecule has 0 N–H and O–H groups in total. The zero-order valence-electron chi connectivity index (χ0n) is 15.0. The Morgan fingerprint density at radius 2 is 2.04 bits per heavy atom. The molecule has 1 aliphatic heterocycles. The fourth-order valence-electron chi connectivity index (χ4n) is 3.65. The van der Waals surface area contributed by atoms with Crippen LogP contribution in [0, 0.1) is 0 Å². The fourth-order valence-corrected chi connectivity index (χ4v) is 3.78. The van der Waals surface area contributed by atoms with E-state index in [1.165, 1.54) is 0 Å². The minimum Gasteiger partial charge on any atom is -0.338 e. The van der Waals surface area contributed by atoms with Gasteiger partial charge in [0.2, 0.25) is 0 Å². The van der Waals surface area contributed by atoms with Crippen molar-refractivity contribution in [3.8, 4) is 0 Å². The van der Waals surface area contributed by atoms with Crippen molar-refractivity contribution in [1.29, 1.82) is 0 Å². The molecule has 0 saturated carbocycles. The van der Waals surface area contributed by atoms with Crippen molar-refractivity contribution in [3.05, 3.63) is 83.2 Å². The molecule has 0 radical (unpaired) electrons. The summed E-state index contributed by atoms with van der Waals surface area (Å²) in [7, 11) is 0. The molecule has 0 bridgehead atoms. The first-order valence-electron chi connectivity index (χ1n) is 9.15. The van der Waals surface area contributed by atoms with Crippen molar-refractivity contribution in [2.45, 2.75) is 25.3 Å². The molecule has 138 valence electrons. The second kappa shape index (κ2) is 7.92. The van der Waals surface area contributed by atoms with Crippen LogP contribution in [0.25, 0.3) is 0 Å². The lowest BCUT2D eigenvalue weighted by Crippen LogP contribution is -2.39. The van der Waals surface area contributed by atoms with E-state index in [4.69, 9.17) is 11.6 Å². The average molecular weight is 381 g/mol. The largest absolute Gasteiger partial charge is 0.338 e. The molecule has 2 aromatic heterocycles. The molecule has 0 aliphatic carbocycles. The molecule has 3 heterocycles. The van der Waals surface area contributed by atoms with Crippen LogP contribution in [0.1, 0.15) is 40.5 Å². The zero-order chi connectivity index (χ0) is 18.6. The standard InChI is InChI=1S/C21H21ClN4O/c22-19-7-5-17(6-8-19)21(27)26-11-2-4-18(15-26)20-24-10-12-25(20)14-16-3-1-9-23-13-16/h1,3,5-10,12-13,18H,2,4,11,14-15H2. The van der Waals surface area contributed by atoms with Crippen LogP contribution in [0.3, 0.4) is 0 Å². The van der Waals surface area contributed by atoms with E-state index in [2.05, 4.69) is 20.6 Å². The number of piperidine rings is 1. The summed E-state index contributed by atoms with van der Waals surface area (Å²) in [6.07, 6.45) is 9.51. The van der Waals surface area contributed by atoms with Crippen molar-refractivity contribution >= 4 is 17.5 Å². The van der Waals surface area contributed by atoms with Crippen molar-refractivity contribution in [2.24, 2.45) is 0 Å². The second-order valence-electron chi connectivity index (χ2n) is 6.87. The molecule has 4 rings (SSSR count). The number of rotatable bonds is 4. The topological polar surface area (TPSA) is 51.0 Å². The SMILES string of the molecule is O=C(c1ccc(Cl)cc1)N1CCCC(c2nccn2Cc2cccnc2)C1. The quantitative estimate of drug-likeness (QED) is 0.687. The normalized spacial score (nSPS) is 17.1. The number of halogens is 1. The Balaban J connectivity index is 1.50. The van der Waals surface area contributed by atoms with Gasteiger partial charge in [0.15, 0.2) is 0 Å². The highest BCUT2D eigenvalue weighted by Gasteiger charge is 2.28. The molecule has 1 saturated heterocycles. The lowest BCUT2D eigenvalue weighted by Gasteiger charge is -2.32. The fraction of sp³-hybridized carbons (Fsp3) is 0.286. The average Bonchev–Trinajstić information content (AvgIpc) is 3.17. The predicted octanol–water partition coefficient (Wildman–Crippen LogP) is 4.00. The van der Waals surface area contributed by atoms with E-state index in [9.17, 15) is 4.79 Å². The minimum absolute atomic E-state index is 0.0572. The van der Waals surface area contributed by atoms with Gasteiger partial charge >= 0.3 is 0 Å². The number of amides is 1. The van der Waals surface area contributed by atoms with Gasteiger partial charge in [0.1, 0.15) is 5.82 Å². The highest BCUT2D eigenvalue weighted by Crippen LogP contribution is 2.27. The third kappa shape index (κ3) is 4.03. The summed E-state index contributed by atoms with van der Waals surface area (Å²) in [5, 5.41) is 0.639. The Kier molecular flexibility index (Phi) is 5.21. The van der Waals surface area contributed by atoms with Crippen LogP contribution in [0.4, 0.5) is 0 Å². The van der Waals surface area contributed by atoms with Gasteiger partial charge in [0, 0.05) is 54.4 Å². The lowest BCUT2D eigenvalue weighted by molar-refractivity contribution is 0.0703. The van der Waals surface area contributed by atoms with Gasteiger partial charge in [-0.05, 0) is 48.7 Å². The minimum atomic E-state index is 0.0572. The van der Waals surface area contributed by atoms with Gasteiger partial charge in [-0.2, -0.15) is 0 Å². The monoisotopic (exact) mass is 380 g/mol. The van der Waals surface area contributed by atoms with E-state index in [1.807, 2.05) is 29.6 Å². The van der Waals surface area contributed by atoms with Gasteiger partial charge in [-0.15, -0.1) is 0 Å². The Morgan fingerprint density at radius 1 is 1.19 bits per heavy atom. The van der Waals surface area contributed by atoms with Crippen LogP contribution >= 0.6 is 11.6 Å². The zero-order valence-corrected chi connectivity index (χ0v) is 15.7. The molecule has 1 aromatic carbocycles. The van der Waals surface area contributed by atoms with Gasteiger partial charge in [0.05, 0.1) is 6.54 Å². The molecular formula is C21H21ClN4O. The van der Waals surface area contributed by atoms with Gasteiger partial charge in [0.25, 0.3) is 5.91 Å². The van der Waals surface area contributed by atoms with Crippen molar-refractivity contribution in [2.75, 3.05) is 13.1 Å². The summed E-state index contributed by atoms with van der Waals surface area (Å²) < 4.78 is 2.16. The van der Waals surface area contributed by atoms with E-state index in [0.717, 1.165) is 37.3 Å². The number of nitrogens with zero attached hydrogens (tertiary/aromatic N) is 4. The molecule has 1 amide bonds. The van der Waals surface area contributed by atoms with Crippen molar-refractivity contribution in [1.82, 2.24) is 19.4 Å². The van der Waals surface area contributed by atoms with E-state index >= 15 is 0 Å². The van der Waals surface area contributed by atoms with Crippen LogP contribution < -0.4 is 0 Å². The van der Waals surface area contributed by atoms with Crippen LogP contribution in [-0.4, -0.2) is 38.4 Å². The smallest absolute Gasteiger partial charge is 0.253 e. The third-order valence-electron chi connectivity index (χ3n) is 4.99. The first kappa shape index (κ1) is 17.7. The molecule has 1 aliphatic rings. The summed E-state index contributed by atoms with van der Waals surface area (Å²) >= 11 is 5.94. The Morgan fingerprint density at radius 3 is 2.81 bits per heavy atom. The maximum Gasteiger partial charge on any atom is 0.253 e. The third-order valence-corrected chi connectivity index (χ3v) is 5.24. The number of hydrogen-bond acceptors (Lipinski definition) is 3. The number of carbonyl (C=O) groups is 1. The van der Waals surface area contributed by atoms with Gasteiger partial charge in [-0.3, -0.25) is 9.78 Å². The van der Waals surface area contributed by atoms with Crippen molar-refractivity contribution in [3.63, 3.8) is 0 Å². The molecule has 5 nitrogen and oxygen atoms in total.